The summed E-state index contributed by atoms with van der Waals surface area (Å²) in [6.07, 6.45) is 16.8. The van der Waals surface area contributed by atoms with Crippen LogP contribution >= 0.6 is 12.2 Å². The Labute approximate surface area is 206 Å². The molecule has 4 nitrogen and oxygen atoms in total. The van der Waals surface area contributed by atoms with Crippen LogP contribution in [0.15, 0.2) is 85.0 Å². The number of rotatable bonds is 8. The van der Waals surface area contributed by atoms with Crippen molar-refractivity contribution in [1.29, 1.82) is 0 Å². The van der Waals surface area contributed by atoms with Crippen molar-refractivity contribution in [2.45, 2.75) is 51.2 Å². The fraction of sp³-hybridized carbons (Fsp3) is 0.276. The summed E-state index contributed by atoms with van der Waals surface area (Å²) in [6.45, 7) is 0.654. The molecule has 1 heterocycles. The van der Waals surface area contributed by atoms with Crippen LogP contribution in [-0.4, -0.2) is 20.2 Å². The highest BCUT2D eigenvalue weighted by Gasteiger charge is 2.24. The first-order valence-corrected chi connectivity index (χ1v) is 12.3. The molecular formula is C29H28N2O2S. The second kappa shape index (κ2) is 10.3. The lowest BCUT2D eigenvalue weighted by molar-refractivity contribution is 0.0972. The molecule has 3 aromatic rings. The number of ketones is 1. The van der Waals surface area contributed by atoms with Crippen molar-refractivity contribution in [2.24, 2.45) is 0 Å². The number of carbonyl (C=O) groups is 1. The molecule has 0 bridgehead atoms. The highest BCUT2D eigenvalue weighted by molar-refractivity contribution is 7.80. The number of fused-ring (bicyclic) bond motifs is 1. The molecule has 5 rings (SSSR count). The van der Waals surface area contributed by atoms with Crippen LogP contribution in [0.25, 0.3) is 0 Å². The van der Waals surface area contributed by atoms with E-state index in [1.54, 1.807) is 6.20 Å². The number of nitrogens with zero attached hydrogens (tertiary/aromatic N) is 2. The first kappa shape index (κ1) is 22.5. The summed E-state index contributed by atoms with van der Waals surface area (Å²) in [5.41, 5.74) is 5.52. The van der Waals surface area contributed by atoms with Crippen LogP contribution in [0.4, 0.5) is 0 Å². The van der Waals surface area contributed by atoms with Gasteiger partial charge in [0.05, 0.1) is 12.9 Å². The molecule has 1 atom stereocenters. The normalized spacial score (nSPS) is 16.2. The molecule has 172 valence electrons. The Kier molecular flexibility index (Phi) is 6.82. The standard InChI is InChI=1S/C29H28N2O2S/c32-27-11-5-10-24-25(27)14-15-28(26(24)13-12-21-6-4-9-23(34)18-21)33-29(19-31-17-16-30-20-31)22-7-2-1-3-8-22/h1-4,6-8,14-18,20,29H,5,9-13,19H2/t29-/m1/s1. The van der Waals surface area contributed by atoms with Gasteiger partial charge in [-0.2, -0.15) is 0 Å². The van der Waals surface area contributed by atoms with Crippen molar-refractivity contribution >= 4 is 22.9 Å². The zero-order chi connectivity index (χ0) is 23.3. The van der Waals surface area contributed by atoms with Gasteiger partial charge in [0.2, 0.25) is 0 Å². The lowest BCUT2D eigenvalue weighted by Crippen LogP contribution is -2.18. The SMILES string of the molecule is O=C1CCCc2c1ccc(O[C@H](Cn1ccnc1)c1ccccc1)c2CCC1=CC(=S)CC=C1. The Morgan fingerprint density at radius 3 is 2.76 bits per heavy atom. The van der Waals surface area contributed by atoms with Crippen molar-refractivity contribution in [3.8, 4) is 5.75 Å². The van der Waals surface area contributed by atoms with E-state index >= 15 is 0 Å². The summed E-state index contributed by atoms with van der Waals surface area (Å²) < 4.78 is 8.78. The maximum Gasteiger partial charge on any atom is 0.163 e. The molecule has 5 heteroatoms. The first-order chi connectivity index (χ1) is 16.7. The number of allylic oxidation sites excluding steroid dienone is 4. The number of ether oxygens (including phenoxy) is 1. The molecule has 0 saturated heterocycles. The number of imidazole rings is 1. The molecule has 34 heavy (non-hydrogen) atoms. The zero-order valence-corrected chi connectivity index (χ0v) is 20.0. The first-order valence-electron chi connectivity index (χ1n) is 11.9. The van der Waals surface area contributed by atoms with Gasteiger partial charge in [-0.25, -0.2) is 4.98 Å². The Bertz CT molecular complexity index is 1240. The van der Waals surface area contributed by atoms with Crippen molar-refractivity contribution < 1.29 is 9.53 Å². The van der Waals surface area contributed by atoms with Crippen LogP contribution in [-0.2, 0) is 19.4 Å². The van der Waals surface area contributed by atoms with Gasteiger partial charge in [-0.1, -0.05) is 54.7 Å². The van der Waals surface area contributed by atoms with E-state index in [4.69, 9.17) is 17.0 Å². The Morgan fingerprint density at radius 2 is 1.97 bits per heavy atom. The molecule has 2 aliphatic carbocycles. The Morgan fingerprint density at radius 1 is 1.09 bits per heavy atom. The minimum Gasteiger partial charge on any atom is -0.484 e. The molecule has 0 unspecified atom stereocenters. The summed E-state index contributed by atoms with van der Waals surface area (Å²) in [5.74, 6) is 1.11. The number of Topliss-reactive ketones (excluding diaryl/α,β-unsaturated/α-hetero) is 1. The summed E-state index contributed by atoms with van der Waals surface area (Å²) in [5, 5.41) is 0. The van der Waals surface area contributed by atoms with Gasteiger partial charge in [-0.3, -0.25) is 4.79 Å². The van der Waals surface area contributed by atoms with E-state index in [2.05, 4.69) is 35.3 Å². The van der Waals surface area contributed by atoms with E-state index in [0.29, 0.717) is 13.0 Å². The predicted molar refractivity (Wildman–Crippen MR) is 139 cm³/mol. The van der Waals surface area contributed by atoms with Gasteiger partial charge in [-0.05, 0) is 66.2 Å². The molecule has 0 spiro atoms. The molecule has 2 aliphatic rings. The highest BCUT2D eigenvalue weighted by Crippen LogP contribution is 2.35. The van der Waals surface area contributed by atoms with Gasteiger partial charge in [0.15, 0.2) is 5.78 Å². The van der Waals surface area contributed by atoms with Crippen molar-refractivity contribution in [3.63, 3.8) is 0 Å². The molecule has 2 aromatic carbocycles. The van der Waals surface area contributed by atoms with Crippen LogP contribution < -0.4 is 4.74 Å². The largest absolute Gasteiger partial charge is 0.484 e. The number of hydrogen-bond donors (Lipinski definition) is 0. The lowest BCUT2D eigenvalue weighted by atomic mass is 9.85. The monoisotopic (exact) mass is 468 g/mol. The summed E-state index contributed by atoms with van der Waals surface area (Å²) in [6, 6.07) is 14.3. The Hall–Kier alpha value is -3.31. The second-order valence-electron chi connectivity index (χ2n) is 8.91. The quantitative estimate of drug-likeness (QED) is 0.358. The number of thiocarbonyl (C=S) groups is 1. The van der Waals surface area contributed by atoms with Crippen molar-refractivity contribution in [3.05, 3.63) is 107 Å². The van der Waals surface area contributed by atoms with Crippen LogP contribution in [0.5, 0.6) is 5.75 Å². The highest BCUT2D eigenvalue weighted by atomic mass is 32.1. The second-order valence-corrected chi connectivity index (χ2v) is 9.44. The lowest BCUT2D eigenvalue weighted by Gasteiger charge is -2.26. The zero-order valence-electron chi connectivity index (χ0n) is 19.2. The number of benzene rings is 2. The molecule has 1 aromatic heterocycles. The van der Waals surface area contributed by atoms with Crippen LogP contribution in [0.3, 0.4) is 0 Å². The summed E-state index contributed by atoms with van der Waals surface area (Å²) in [4.78, 5) is 17.8. The molecule has 0 amide bonds. The fourth-order valence-corrected chi connectivity index (χ4v) is 5.09. The molecule has 0 radical (unpaired) electrons. The van der Waals surface area contributed by atoms with Crippen LogP contribution in [0.2, 0.25) is 0 Å². The molecule has 0 N–H and O–H groups in total. The van der Waals surface area contributed by atoms with E-state index < -0.39 is 0 Å². The maximum absolute atomic E-state index is 12.7. The number of hydrogen-bond acceptors (Lipinski definition) is 4. The average Bonchev–Trinajstić information content (AvgIpc) is 3.37. The van der Waals surface area contributed by atoms with Crippen LogP contribution in [0.1, 0.15) is 58.8 Å². The minimum absolute atomic E-state index is 0.173. The molecule has 0 aliphatic heterocycles. The van der Waals surface area contributed by atoms with Gasteiger partial charge < -0.3 is 9.30 Å². The van der Waals surface area contributed by atoms with Crippen LogP contribution in [0, 0.1) is 0 Å². The maximum atomic E-state index is 12.7. The van der Waals surface area contributed by atoms with Gasteiger partial charge >= 0.3 is 0 Å². The fourth-order valence-electron chi connectivity index (χ4n) is 4.85. The van der Waals surface area contributed by atoms with E-state index in [9.17, 15) is 4.79 Å². The molecule has 0 saturated carbocycles. The number of aromatic nitrogens is 2. The van der Waals surface area contributed by atoms with Gasteiger partial charge in [-0.15, -0.1) is 0 Å². The molecule has 0 fully saturated rings. The van der Waals surface area contributed by atoms with Gasteiger partial charge in [0.1, 0.15) is 11.9 Å². The van der Waals surface area contributed by atoms with E-state index in [1.807, 2.05) is 47.4 Å². The summed E-state index contributed by atoms with van der Waals surface area (Å²) in [7, 11) is 0. The Balaban J connectivity index is 1.49. The third-order valence-electron chi connectivity index (χ3n) is 6.56. The predicted octanol–water partition coefficient (Wildman–Crippen LogP) is 6.41. The van der Waals surface area contributed by atoms with Gasteiger partial charge in [0, 0.05) is 35.7 Å². The van der Waals surface area contributed by atoms with E-state index in [1.165, 1.54) is 5.57 Å². The topological polar surface area (TPSA) is 44.1 Å². The average molecular weight is 469 g/mol. The van der Waals surface area contributed by atoms with E-state index in [-0.39, 0.29) is 11.9 Å². The minimum atomic E-state index is -0.173. The third kappa shape index (κ3) is 5.10. The molecular weight excluding hydrogens is 440 g/mol. The smallest absolute Gasteiger partial charge is 0.163 e. The van der Waals surface area contributed by atoms with Gasteiger partial charge in [0.25, 0.3) is 0 Å². The number of carbonyl (C=O) groups excluding carboxylic acids is 1. The summed E-state index contributed by atoms with van der Waals surface area (Å²) >= 11 is 5.41. The van der Waals surface area contributed by atoms with Crippen molar-refractivity contribution in [2.75, 3.05) is 0 Å². The van der Waals surface area contributed by atoms with Crippen molar-refractivity contribution in [1.82, 2.24) is 9.55 Å². The van der Waals surface area contributed by atoms with E-state index in [0.717, 1.165) is 65.0 Å². The third-order valence-corrected chi connectivity index (χ3v) is 6.84.